The van der Waals surface area contributed by atoms with Crippen LogP contribution < -0.4 is 0 Å². The van der Waals surface area contributed by atoms with Crippen molar-refractivity contribution in [2.45, 2.75) is 38.4 Å². The minimum atomic E-state index is 0.317. The molecule has 0 aliphatic carbocycles. The molecule has 2 unspecified atom stereocenters. The quantitative estimate of drug-likeness (QED) is 0.906. The zero-order valence-electron chi connectivity index (χ0n) is 11.3. The molecule has 0 amide bonds. The number of halogens is 1. The minimum absolute atomic E-state index is 0.317. The number of nitrogens with zero attached hydrogens (tertiary/aromatic N) is 2. The Morgan fingerprint density at radius 2 is 2.21 bits per heavy atom. The predicted octanol–water partition coefficient (Wildman–Crippen LogP) is 2.82. The Kier molecular flexibility index (Phi) is 3.83. The van der Waals surface area contributed by atoms with Gasteiger partial charge in [-0.3, -0.25) is 9.80 Å². The van der Waals surface area contributed by atoms with E-state index in [9.17, 15) is 5.11 Å². The van der Waals surface area contributed by atoms with Crippen molar-refractivity contribution in [1.29, 1.82) is 0 Å². The van der Waals surface area contributed by atoms with E-state index in [2.05, 4.69) is 32.7 Å². The van der Waals surface area contributed by atoms with E-state index in [-0.39, 0.29) is 0 Å². The molecule has 1 aromatic rings. The Morgan fingerprint density at radius 3 is 3.00 bits per heavy atom. The molecule has 3 nitrogen and oxygen atoms in total. The van der Waals surface area contributed by atoms with Crippen LogP contribution in [0, 0.1) is 0 Å². The molecule has 2 aliphatic heterocycles. The van der Waals surface area contributed by atoms with Crippen molar-refractivity contribution < 1.29 is 5.11 Å². The summed E-state index contributed by atoms with van der Waals surface area (Å²) in [6.07, 6.45) is 2.71. The number of phenolic OH excluding ortho intramolecular Hbond substituents is 1. The van der Waals surface area contributed by atoms with Crippen LogP contribution in [0.25, 0.3) is 0 Å². The Morgan fingerprint density at radius 1 is 1.37 bits per heavy atom. The maximum absolute atomic E-state index is 9.56. The summed E-state index contributed by atoms with van der Waals surface area (Å²) in [5.41, 5.74) is 1.27. The molecule has 2 saturated heterocycles. The highest BCUT2D eigenvalue weighted by Gasteiger charge is 2.34. The van der Waals surface area contributed by atoms with Crippen LogP contribution in [-0.2, 0) is 6.54 Å². The number of aromatic hydroxyl groups is 1. The predicted molar refractivity (Wildman–Crippen MR) is 80.3 cm³/mol. The third kappa shape index (κ3) is 2.81. The van der Waals surface area contributed by atoms with E-state index in [1.807, 2.05) is 12.1 Å². The van der Waals surface area contributed by atoms with Gasteiger partial charge >= 0.3 is 0 Å². The standard InChI is InChI=1S/C15H21BrN2O/c1-11-8-17-6-2-3-13(17)10-18(11)9-12-4-5-15(19)14(16)7-12/h4-5,7,11,13,19H,2-3,6,8-10H2,1H3. The number of hydrogen-bond acceptors (Lipinski definition) is 3. The van der Waals surface area contributed by atoms with Gasteiger partial charge in [-0.05, 0) is 59.9 Å². The summed E-state index contributed by atoms with van der Waals surface area (Å²) in [5, 5.41) is 9.56. The summed E-state index contributed by atoms with van der Waals surface area (Å²) in [5.74, 6) is 0.317. The molecule has 4 heteroatoms. The summed E-state index contributed by atoms with van der Waals surface area (Å²) in [4.78, 5) is 5.22. The van der Waals surface area contributed by atoms with Crippen LogP contribution >= 0.6 is 15.9 Å². The fraction of sp³-hybridized carbons (Fsp3) is 0.600. The Labute approximate surface area is 123 Å². The lowest BCUT2D eigenvalue weighted by Crippen LogP contribution is -2.54. The number of benzene rings is 1. The van der Waals surface area contributed by atoms with Crippen molar-refractivity contribution in [3.8, 4) is 5.75 Å². The van der Waals surface area contributed by atoms with Crippen molar-refractivity contribution in [2.75, 3.05) is 19.6 Å². The van der Waals surface area contributed by atoms with Crippen LogP contribution in [0.2, 0.25) is 0 Å². The molecule has 0 saturated carbocycles. The van der Waals surface area contributed by atoms with Crippen molar-refractivity contribution in [3.63, 3.8) is 0 Å². The molecule has 0 bridgehead atoms. The molecule has 2 aliphatic rings. The molecular weight excluding hydrogens is 304 g/mol. The average molecular weight is 325 g/mol. The SMILES string of the molecule is CC1CN2CCCC2CN1Cc1ccc(O)c(Br)c1. The van der Waals surface area contributed by atoms with Crippen LogP contribution in [0.1, 0.15) is 25.3 Å². The molecule has 0 radical (unpaired) electrons. The topological polar surface area (TPSA) is 26.7 Å². The first-order valence-corrected chi connectivity index (χ1v) is 7.88. The lowest BCUT2D eigenvalue weighted by molar-refractivity contribution is 0.0540. The van der Waals surface area contributed by atoms with Gasteiger partial charge in [0.15, 0.2) is 0 Å². The van der Waals surface area contributed by atoms with E-state index in [1.165, 1.54) is 38.0 Å². The van der Waals surface area contributed by atoms with Crippen molar-refractivity contribution in [2.24, 2.45) is 0 Å². The Balaban J connectivity index is 1.70. The third-order valence-corrected chi connectivity index (χ3v) is 5.10. The van der Waals surface area contributed by atoms with E-state index < -0.39 is 0 Å². The molecule has 1 aromatic carbocycles. The number of hydrogen-bond donors (Lipinski definition) is 1. The maximum Gasteiger partial charge on any atom is 0.129 e. The molecule has 3 rings (SSSR count). The monoisotopic (exact) mass is 324 g/mol. The summed E-state index contributed by atoms with van der Waals surface area (Å²) in [7, 11) is 0. The van der Waals surface area contributed by atoms with Crippen LogP contribution in [0.4, 0.5) is 0 Å². The normalized spacial score (nSPS) is 28.5. The first kappa shape index (κ1) is 13.4. The van der Waals surface area contributed by atoms with Crippen LogP contribution in [0.15, 0.2) is 22.7 Å². The highest BCUT2D eigenvalue weighted by molar-refractivity contribution is 9.10. The second-order valence-electron chi connectivity index (χ2n) is 5.86. The maximum atomic E-state index is 9.56. The van der Waals surface area contributed by atoms with Gasteiger partial charge in [0.2, 0.25) is 0 Å². The van der Waals surface area contributed by atoms with Crippen LogP contribution in [0.5, 0.6) is 5.75 Å². The summed E-state index contributed by atoms with van der Waals surface area (Å²) >= 11 is 3.39. The van der Waals surface area contributed by atoms with Gasteiger partial charge in [-0.1, -0.05) is 6.07 Å². The van der Waals surface area contributed by atoms with Gasteiger partial charge in [0.25, 0.3) is 0 Å². The van der Waals surface area contributed by atoms with Gasteiger partial charge < -0.3 is 5.11 Å². The van der Waals surface area contributed by atoms with Gasteiger partial charge in [0, 0.05) is 31.7 Å². The minimum Gasteiger partial charge on any atom is -0.507 e. The summed E-state index contributed by atoms with van der Waals surface area (Å²) < 4.78 is 0.789. The molecule has 2 fully saturated rings. The molecule has 2 atom stereocenters. The second kappa shape index (κ2) is 5.43. The van der Waals surface area contributed by atoms with Crippen molar-refractivity contribution >= 4 is 15.9 Å². The number of fused-ring (bicyclic) bond motifs is 1. The van der Waals surface area contributed by atoms with Gasteiger partial charge in [-0.15, -0.1) is 0 Å². The fourth-order valence-electron chi connectivity index (χ4n) is 3.35. The third-order valence-electron chi connectivity index (χ3n) is 4.46. The lowest BCUT2D eigenvalue weighted by Gasteiger charge is -2.42. The van der Waals surface area contributed by atoms with E-state index in [0.717, 1.165) is 17.1 Å². The molecule has 19 heavy (non-hydrogen) atoms. The van der Waals surface area contributed by atoms with Crippen LogP contribution in [-0.4, -0.2) is 46.6 Å². The van der Waals surface area contributed by atoms with Crippen LogP contribution in [0.3, 0.4) is 0 Å². The van der Waals surface area contributed by atoms with Gasteiger partial charge in [0.1, 0.15) is 5.75 Å². The van der Waals surface area contributed by atoms with Crippen molar-refractivity contribution in [3.05, 3.63) is 28.2 Å². The zero-order chi connectivity index (χ0) is 13.4. The first-order valence-electron chi connectivity index (χ1n) is 7.09. The summed E-state index contributed by atoms with van der Waals surface area (Å²) in [6.45, 7) is 6.96. The number of rotatable bonds is 2. The smallest absolute Gasteiger partial charge is 0.129 e. The highest BCUT2D eigenvalue weighted by Crippen LogP contribution is 2.28. The molecule has 0 aromatic heterocycles. The Bertz CT molecular complexity index is 465. The highest BCUT2D eigenvalue weighted by atomic mass is 79.9. The molecular formula is C15H21BrN2O. The molecule has 2 heterocycles. The first-order chi connectivity index (χ1) is 9.13. The van der Waals surface area contributed by atoms with Crippen molar-refractivity contribution in [1.82, 2.24) is 9.80 Å². The van der Waals surface area contributed by atoms with E-state index >= 15 is 0 Å². The molecule has 1 N–H and O–H groups in total. The lowest BCUT2D eigenvalue weighted by atomic mass is 10.1. The van der Waals surface area contributed by atoms with Gasteiger partial charge in [0.05, 0.1) is 4.47 Å². The fourth-order valence-corrected chi connectivity index (χ4v) is 3.78. The summed E-state index contributed by atoms with van der Waals surface area (Å²) in [6, 6.07) is 7.20. The van der Waals surface area contributed by atoms with E-state index in [4.69, 9.17) is 0 Å². The zero-order valence-corrected chi connectivity index (χ0v) is 12.9. The largest absolute Gasteiger partial charge is 0.507 e. The second-order valence-corrected chi connectivity index (χ2v) is 6.71. The van der Waals surface area contributed by atoms with E-state index in [1.54, 1.807) is 6.07 Å². The van der Waals surface area contributed by atoms with Gasteiger partial charge in [-0.2, -0.15) is 0 Å². The number of piperazine rings is 1. The number of phenols is 1. The molecule has 104 valence electrons. The Hall–Kier alpha value is -0.580. The molecule has 0 spiro atoms. The average Bonchev–Trinajstić information content (AvgIpc) is 2.81. The van der Waals surface area contributed by atoms with E-state index in [0.29, 0.717) is 11.8 Å². The van der Waals surface area contributed by atoms with Gasteiger partial charge in [-0.25, -0.2) is 0 Å².